The quantitative estimate of drug-likeness (QED) is 0.892. The fraction of sp³-hybridized carbons (Fsp3) is 0.467. The van der Waals surface area contributed by atoms with Crippen molar-refractivity contribution in [3.63, 3.8) is 0 Å². The van der Waals surface area contributed by atoms with E-state index in [9.17, 15) is 4.79 Å². The molecule has 1 aliphatic rings. The topological polar surface area (TPSA) is 56.1 Å². The molecule has 2 rings (SSSR count). The van der Waals surface area contributed by atoms with Gasteiger partial charge in [0.05, 0.1) is 18.5 Å². The normalized spacial score (nSPS) is 19.1. The molecule has 0 aromatic heterocycles. The molecule has 2 atom stereocenters. The third kappa shape index (κ3) is 2.94. The molecule has 0 fully saturated rings. The molecule has 0 saturated carbocycles. The van der Waals surface area contributed by atoms with E-state index < -0.39 is 0 Å². The van der Waals surface area contributed by atoms with Crippen LogP contribution in [0.1, 0.15) is 24.5 Å². The fourth-order valence-corrected chi connectivity index (χ4v) is 2.36. The number of hydrogen-bond acceptors (Lipinski definition) is 3. The Morgan fingerprint density at radius 3 is 2.89 bits per heavy atom. The molecule has 1 aromatic carbocycles. The van der Waals surface area contributed by atoms with Crippen molar-refractivity contribution in [1.82, 2.24) is 10.2 Å². The number of carbonyl (C=O) groups is 1. The van der Waals surface area contributed by atoms with Crippen LogP contribution in [0.25, 0.3) is 0 Å². The van der Waals surface area contributed by atoms with Crippen LogP contribution in [0.4, 0.5) is 0 Å². The molecule has 1 aliphatic heterocycles. The van der Waals surface area contributed by atoms with E-state index in [0.29, 0.717) is 6.42 Å². The minimum Gasteiger partial charge on any atom is -0.341 e. The van der Waals surface area contributed by atoms with Crippen molar-refractivity contribution >= 4 is 5.91 Å². The van der Waals surface area contributed by atoms with Crippen LogP contribution < -0.4 is 5.32 Å². The minimum atomic E-state index is -0.180. The monoisotopic (exact) mass is 257 g/mol. The summed E-state index contributed by atoms with van der Waals surface area (Å²) in [7, 11) is 1.77. The van der Waals surface area contributed by atoms with Gasteiger partial charge in [0.1, 0.15) is 0 Å². The predicted molar refractivity (Wildman–Crippen MR) is 73.2 cm³/mol. The van der Waals surface area contributed by atoms with Crippen LogP contribution in [0, 0.1) is 11.3 Å². The van der Waals surface area contributed by atoms with E-state index in [1.165, 1.54) is 11.1 Å². The molecule has 1 amide bonds. The van der Waals surface area contributed by atoms with Crippen molar-refractivity contribution in [2.75, 3.05) is 7.05 Å². The van der Waals surface area contributed by atoms with Crippen LogP contribution in [0.5, 0.6) is 0 Å². The zero-order valence-corrected chi connectivity index (χ0v) is 11.4. The molecule has 0 spiro atoms. The molecule has 4 nitrogen and oxygen atoms in total. The number of nitriles is 1. The SMILES string of the molecule is CC(CC#N)N(C)C(=O)C1Cc2ccccc2CN1. The first-order valence-corrected chi connectivity index (χ1v) is 6.57. The van der Waals surface area contributed by atoms with Crippen molar-refractivity contribution in [3.05, 3.63) is 35.4 Å². The largest absolute Gasteiger partial charge is 0.341 e. The highest BCUT2D eigenvalue weighted by molar-refractivity contribution is 5.82. The second kappa shape index (κ2) is 5.85. The number of nitrogens with zero attached hydrogens (tertiary/aromatic N) is 2. The molecule has 0 saturated heterocycles. The number of amides is 1. The van der Waals surface area contributed by atoms with E-state index in [0.717, 1.165) is 13.0 Å². The van der Waals surface area contributed by atoms with Crippen LogP contribution in [-0.2, 0) is 17.8 Å². The molecule has 0 aliphatic carbocycles. The van der Waals surface area contributed by atoms with Gasteiger partial charge in [-0.2, -0.15) is 5.26 Å². The Morgan fingerprint density at radius 1 is 1.53 bits per heavy atom. The first kappa shape index (κ1) is 13.6. The number of fused-ring (bicyclic) bond motifs is 1. The zero-order valence-electron chi connectivity index (χ0n) is 11.4. The van der Waals surface area contributed by atoms with E-state index >= 15 is 0 Å². The first-order chi connectivity index (χ1) is 9.13. The van der Waals surface area contributed by atoms with Gasteiger partial charge in [-0.1, -0.05) is 24.3 Å². The lowest BCUT2D eigenvalue weighted by molar-refractivity contribution is -0.134. The van der Waals surface area contributed by atoms with E-state index in [1.54, 1.807) is 11.9 Å². The van der Waals surface area contributed by atoms with Gasteiger partial charge in [0.25, 0.3) is 0 Å². The summed E-state index contributed by atoms with van der Waals surface area (Å²) in [5.74, 6) is 0.0669. The summed E-state index contributed by atoms with van der Waals surface area (Å²) in [5.41, 5.74) is 2.50. The highest BCUT2D eigenvalue weighted by Crippen LogP contribution is 2.17. The molecule has 1 aromatic rings. The number of nitrogens with one attached hydrogen (secondary N) is 1. The van der Waals surface area contributed by atoms with Gasteiger partial charge >= 0.3 is 0 Å². The number of benzene rings is 1. The first-order valence-electron chi connectivity index (χ1n) is 6.57. The summed E-state index contributed by atoms with van der Waals surface area (Å²) in [6.07, 6.45) is 1.09. The maximum absolute atomic E-state index is 12.4. The Morgan fingerprint density at radius 2 is 2.21 bits per heavy atom. The summed E-state index contributed by atoms with van der Waals surface area (Å²) < 4.78 is 0. The van der Waals surface area contributed by atoms with Crippen molar-refractivity contribution in [1.29, 1.82) is 5.26 Å². The lowest BCUT2D eigenvalue weighted by atomic mass is 9.95. The molecular weight excluding hydrogens is 238 g/mol. The van der Waals surface area contributed by atoms with Crippen LogP contribution >= 0.6 is 0 Å². The summed E-state index contributed by atoms with van der Waals surface area (Å²) in [5, 5.41) is 12.0. The number of rotatable bonds is 3. The molecule has 1 heterocycles. The Hall–Kier alpha value is -1.86. The third-order valence-corrected chi connectivity index (χ3v) is 3.77. The van der Waals surface area contributed by atoms with Gasteiger partial charge in [0, 0.05) is 19.6 Å². The zero-order chi connectivity index (χ0) is 13.8. The maximum Gasteiger partial charge on any atom is 0.240 e. The predicted octanol–water partition coefficient (Wildman–Crippen LogP) is 1.46. The third-order valence-electron chi connectivity index (χ3n) is 3.77. The van der Waals surface area contributed by atoms with Crippen LogP contribution in [0.2, 0.25) is 0 Å². The average Bonchev–Trinajstić information content (AvgIpc) is 2.45. The van der Waals surface area contributed by atoms with Gasteiger partial charge in [-0.3, -0.25) is 4.79 Å². The van der Waals surface area contributed by atoms with E-state index in [-0.39, 0.29) is 18.0 Å². The van der Waals surface area contributed by atoms with Gasteiger partial charge in [0.15, 0.2) is 0 Å². The van der Waals surface area contributed by atoms with Gasteiger partial charge in [0.2, 0.25) is 5.91 Å². The van der Waals surface area contributed by atoms with E-state index in [4.69, 9.17) is 5.26 Å². The van der Waals surface area contributed by atoms with Crippen molar-refractivity contribution in [3.8, 4) is 6.07 Å². The van der Waals surface area contributed by atoms with Gasteiger partial charge < -0.3 is 10.2 Å². The minimum absolute atomic E-state index is 0.0449. The van der Waals surface area contributed by atoms with Crippen molar-refractivity contribution in [2.45, 2.75) is 38.4 Å². The molecule has 100 valence electrons. The standard InChI is InChI=1S/C15H19N3O/c1-11(7-8-16)18(2)15(19)14-9-12-5-3-4-6-13(12)10-17-14/h3-6,11,14,17H,7,9-10H2,1-2H3. The second-order valence-corrected chi connectivity index (χ2v) is 5.07. The summed E-state index contributed by atoms with van der Waals surface area (Å²) >= 11 is 0. The Bertz CT molecular complexity index is 506. The number of hydrogen-bond donors (Lipinski definition) is 1. The summed E-state index contributed by atoms with van der Waals surface area (Å²) in [6.45, 7) is 2.63. The molecule has 1 N–H and O–H groups in total. The molecule has 4 heteroatoms. The number of likely N-dealkylation sites (N-methyl/N-ethyl adjacent to an activating group) is 1. The van der Waals surface area contributed by atoms with Gasteiger partial charge in [-0.25, -0.2) is 0 Å². The second-order valence-electron chi connectivity index (χ2n) is 5.07. The molecule has 19 heavy (non-hydrogen) atoms. The maximum atomic E-state index is 12.4. The Kier molecular flexibility index (Phi) is 4.18. The van der Waals surface area contributed by atoms with Gasteiger partial charge in [-0.05, 0) is 24.5 Å². The molecule has 2 unspecified atom stereocenters. The lowest BCUT2D eigenvalue weighted by Gasteiger charge is -2.31. The van der Waals surface area contributed by atoms with Crippen LogP contribution in [0.15, 0.2) is 24.3 Å². The molecule has 0 radical (unpaired) electrons. The van der Waals surface area contributed by atoms with Crippen LogP contribution in [0.3, 0.4) is 0 Å². The summed E-state index contributed by atoms with van der Waals surface area (Å²) in [4.78, 5) is 14.1. The van der Waals surface area contributed by atoms with Crippen molar-refractivity contribution in [2.24, 2.45) is 0 Å². The van der Waals surface area contributed by atoms with E-state index in [2.05, 4.69) is 23.5 Å². The highest BCUT2D eigenvalue weighted by Gasteiger charge is 2.28. The Labute approximate surface area is 114 Å². The lowest BCUT2D eigenvalue weighted by Crippen LogP contribution is -2.50. The fourth-order valence-electron chi connectivity index (χ4n) is 2.36. The molecule has 0 bridgehead atoms. The smallest absolute Gasteiger partial charge is 0.240 e. The van der Waals surface area contributed by atoms with Gasteiger partial charge in [-0.15, -0.1) is 0 Å². The van der Waals surface area contributed by atoms with Crippen molar-refractivity contribution < 1.29 is 4.79 Å². The summed E-state index contributed by atoms with van der Waals surface area (Å²) in [6, 6.07) is 10.1. The average molecular weight is 257 g/mol. The van der Waals surface area contributed by atoms with E-state index in [1.807, 2.05) is 19.1 Å². The highest BCUT2D eigenvalue weighted by atomic mass is 16.2. The Balaban J connectivity index is 2.05. The molecular formula is C15H19N3O. The number of carbonyl (C=O) groups excluding carboxylic acids is 1. The van der Waals surface area contributed by atoms with Crippen LogP contribution in [-0.4, -0.2) is 29.9 Å².